The molecule has 3 heteroatoms. The van der Waals surface area contributed by atoms with Gasteiger partial charge < -0.3 is 10.2 Å². The van der Waals surface area contributed by atoms with Crippen LogP contribution in [0, 0.1) is 5.92 Å². The van der Waals surface area contributed by atoms with E-state index in [0.717, 1.165) is 32.5 Å². The molecule has 3 fully saturated rings. The number of piperazine rings is 1. The van der Waals surface area contributed by atoms with Gasteiger partial charge in [-0.25, -0.2) is 0 Å². The van der Waals surface area contributed by atoms with E-state index < -0.39 is 0 Å². The number of carbonyl (C=O) groups excluding carboxylic acids is 1. The topological polar surface area (TPSA) is 32.3 Å². The first-order valence-electron chi connectivity index (χ1n) is 8.34. The molecule has 0 aromatic heterocycles. The molecule has 1 spiro atoms. The minimum absolute atomic E-state index is 0.172. The first-order valence-corrected chi connectivity index (χ1v) is 8.34. The van der Waals surface area contributed by atoms with Crippen molar-refractivity contribution in [2.24, 2.45) is 5.92 Å². The average Bonchev–Trinajstić information content (AvgIpc) is 2.49. The van der Waals surface area contributed by atoms with E-state index in [4.69, 9.17) is 0 Å². The maximum absolute atomic E-state index is 12.9. The molecule has 2 saturated carbocycles. The van der Waals surface area contributed by atoms with Crippen molar-refractivity contribution in [1.82, 2.24) is 10.2 Å². The summed E-state index contributed by atoms with van der Waals surface area (Å²) in [7, 11) is 0. The van der Waals surface area contributed by atoms with Crippen molar-refractivity contribution in [3.05, 3.63) is 0 Å². The van der Waals surface area contributed by atoms with E-state index in [1.54, 1.807) is 0 Å². The molecular weight excluding hydrogens is 236 g/mol. The lowest BCUT2D eigenvalue weighted by molar-refractivity contribution is -0.146. The predicted molar refractivity (Wildman–Crippen MR) is 77.0 cm³/mol. The molecule has 0 atom stereocenters. The third kappa shape index (κ3) is 2.67. The zero-order valence-corrected chi connectivity index (χ0v) is 12.1. The second kappa shape index (κ2) is 5.82. The van der Waals surface area contributed by atoms with Crippen molar-refractivity contribution in [2.75, 3.05) is 19.6 Å². The molecule has 0 radical (unpaired) electrons. The Bertz CT molecular complexity index is 308. The van der Waals surface area contributed by atoms with Crippen LogP contribution in [0.3, 0.4) is 0 Å². The summed E-state index contributed by atoms with van der Waals surface area (Å²) in [6.07, 6.45) is 12.5. The molecule has 0 unspecified atom stereocenters. The molecule has 1 amide bonds. The number of hydrogen-bond acceptors (Lipinski definition) is 2. The van der Waals surface area contributed by atoms with Gasteiger partial charge in [0.05, 0.1) is 5.54 Å². The summed E-state index contributed by atoms with van der Waals surface area (Å²) < 4.78 is 0. The van der Waals surface area contributed by atoms with Crippen molar-refractivity contribution in [2.45, 2.75) is 69.7 Å². The Morgan fingerprint density at radius 2 is 1.68 bits per heavy atom. The number of carbonyl (C=O) groups is 1. The van der Waals surface area contributed by atoms with Crippen LogP contribution in [0.2, 0.25) is 0 Å². The van der Waals surface area contributed by atoms with Crippen LogP contribution in [0.5, 0.6) is 0 Å². The lowest BCUT2D eigenvalue weighted by atomic mass is 9.77. The van der Waals surface area contributed by atoms with Gasteiger partial charge in [-0.3, -0.25) is 4.79 Å². The summed E-state index contributed by atoms with van der Waals surface area (Å²) in [6, 6.07) is 0. The quantitative estimate of drug-likeness (QED) is 0.790. The number of amides is 1. The number of nitrogens with one attached hydrogen (secondary N) is 1. The minimum atomic E-state index is 0.172. The van der Waals surface area contributed by atoms with Gasteiger partial charge >= 0.3 is 0 Å². The van der Waals surface area contributed by atoms with Crippen LogP contribution in [0.15, 0.2) is 0 Å². The normalized spacial score (nSPS) is 28.5. The second-order valence-electron chi connectivity index (χ2n) is 6.79. The maximum Gasteiger partial charge on any atom is 0.226 e. The number of nitrogens with zero attached hydrogens (tertiary/aromatic N) is 1. The van der Waals surface area contributed by atoms with E-state index in [2.05, 4.69) is 10.2 Å². The van der Waals surface area contributed by atoms with Gasteiger partial charge in [0.1, 0.15) is 0 Å². The lowest BCUT2D eigenvalue weighted by Crippen LogP contribution is -2.64. The van der Waals surface area contributed by atoms with E-state index in [9.17, 15) is 4.79 Å². The largest absolute Gasteiger partial charge is 0.334 e. The summed E-state index contributed by atoms with van der Waals surface area (Å²) >= 11 is 0. The Labute approximate surface area is 117 Å². The molecular formula is C16H28N2O. The molecule has 1 heterocycles. The van der Waals surface area contributed by atoms with Gasteiger partial charge in [0.25, 0.3) is 0 Å². The zero-order valence-electron chi connectivity index (χ0n) is 12.1. The van der Waals surface area contributed by atoms with Crippen LogP contribution in [0.1, 0.15) is 64.2 Å². The van der Waals surface area contributed by atoms with Crippen molar-refractivity contribution >= 4 is 5.91 Å². The first-order chi connectivity index (χ1) is 9.32. The van der Waals surface area contributed by atoms with Crippen molar-refractivity contribution < 1.29 is 4.79 Å². The molecule has 1 saturated heterocycles. The number of rotatable bonds is 1. The van der Waals surface area contributed by atoms with Crippen LogP contribution in [0.4, 0.5) is 0 Å². The van der Waals surface area contributed by atoms with E-state index in [0.29, 0.717) is 11.8 Å². The third-order valence-corrected chi connectivity index (χ3v) is 5.54. The molecule has 3 aliphatic rings. The van der Waals surface area contributed by atoms with Crippen LogP contribution in [0.25, 0.3) is 0 Å². The fourth-order valence-electron chi connectivity index (χ4n) is 4.41. The van der Waals surface area contributed by atoms with E-state index in [1.807, 2.05) is 0 Å². The Morgan fingerprint density at radius 1 is 1.00 bits per heavy atom. The summed E-state index contributed by atoms with van der Waals surface area (Å²) in [5, 5.41) is 3.54. The van der Waals surface area contributed by atoms with Gasteiger partial charge in [-0.05, 0) is 25.7 Å². The molecule has 1 N–H and O–H groups in total. The van der Waals surface area contributed by atoms with E-state index in [-0.39, 0.29) is 5.54 Å². The lowest BCUT2D eigenvalue weighted by Gasteiger charge is -2.51. The fourth-order valence-corrected chi connectivity index (χ4v) is 4.41. The number of hydrogen-bond donors (Lipinski definition) is 1. The van der Waals surface area contributed by atoms with Gasteiger partial charge in [-0.2, -0.15) is 0 Å². The highest BCUT2D eigenvalue weighted by Gasteiger charge is 2.43. The highest BCUT2D eigenvalue weighted by atomic mass is 16.2. The van der Waals surface area contributed by atoms with E-state index >= 15 is 0 Å². The molecule has 2 aliphatic carbocycles. The third-order valence-electron chi connectivity index (χ3n) is 5.54. The van der Waals surface area contributed by atoms with Crippen molar-refractivity contribution in [3.8, 4) is 0 Å². The van der Waals surface area contributed by atoms with Gasteiger partial charge in [-0.15, -0.1) is 0 Å². The SMILES string of the molecule is O=C(C1CCCCC1)N1CCNCC12CCCCC2. The molecule has 0 aromatic rings. The zero-order chi connectivity index (χ0) is 13.1. The monoisotopic (exact) mass is 264 g/mol. The standard InChI is InChI=1S/C16H28N2O/c19-15(14-7-3-1-4-8-14)18-12-11-17-13-16(18)9-5-2-6-10-16/h14,17H,1-13H2. The van der Waals surface area contributed by atoms with Crippen LogP contribution >= 0.6 is 0 Å². The van der Waals surface area contributed by atoms with Gasteiger partial charge in [0, 0.05) is 25.6 Å². The minimum Gasteiger partial charge on any atom is -0.334 e. The molecule has 108 valence electrons. The Morgan fingerprint density at radius 3 is 2.42 bits per heavy atom. The molecule has 19 heavy (non-hydrogen) atoms. The second-order valence-corrected chi connectivity index (χ2v) is 6.79. The maximum atomic E-state index is 12.9. The van der Waals surface area contributed by atoms with Crippen molar-refractivity contribution in [3.63, 3.8) is 0 Å². The molecule has 3 nitrogen and oxygen atoms in total. The predicted octanol–water partition coefficient (Wildman–Crippen LogP) is 2.70. The van der Waals surface area contributed by atoms with Gasteiger partial charge in [0.15, 0.2) is 0 Å². The fraction of sp³-hybridized carbons (Fsp3) is 0.938. The highest BCUT2D eigenvalue weighted by molar-refractivity contribution is 5.80. The molecule has 0 aromatic carbocycles. The Hall–Kier alpha value is -0.570. The summed E-state index contributed by atoms with van der Waals surface area (Å²) in [5.41, 5.74) is 0.172. The molecule has 1 aliphatic heterocycles. The Balaban J connectivity index is 1.73. The van der Waals surface area contributed by atoms with Crippen LogP contribution < -0.4 is 5.32 Å². The first kappa shape index (κ1) is 13.4. The van der Waals surface area contributed by atoms with Gasteiger partial charge in [0.2, 0.25) is 5.91 Å². The average molecular weight is 264 g/mol. The highest BCUT2D eigenvalue weighted by Crippen LogP contribution is 2.37. The van der Waals surface area contributed by atoms with E-state index in [1.165, 1.54) is 51.4 Å². The summed E-state index contributed by atoms with van der Waals surface area (Å²) in [6.45, 7) is 2.96. The molecule has 3 rings (SSSR count). The van der Waals surface area contributed by atoms with Crippen LogP contribution in [-0.2, 0) is 4.79 Å². The van der Waals surface area contributed by atoms with Gasteiger partial charge in [-0.1, -0.05) is 38.5 Å². The van der Waals surface area contributed by atoms with Crippen molar-refractivity contribution in [1.29, 1.82) is 0 Å². The Kier molecular flexibility index (Phi) is 4.11. The summed E-state index contributed by atoms with van der Waals surface area (Å²) in [4.78, 5) is 15.2. The van der Waals surface area contributed by atoms with Crippen LogP contribution in [-0.4, -0.2) is 36.0 Å². The smallest absolute Gasteiger partial charge is 0.226 e. The summed E-state index contributed by atoms with van der Waals surface area (Å²) in [5.74, 6) is 0.828. The molecule has 0 bridgehead atoms.